The van der Waals surface area contributed by atoms with Crippen molar-refractivity contribution in [3.05, 3.63) is 16.9 Å². The second kappa shape index (κ2) is 7.77. The Morgan fingerprint density at radius 3 is 2.72 bits per heavy atom. The third-order valence-corrected chi connectivity index (χ3v) is 3.23. The van der Waals surface area contributed by atoms with E-state index in [9.17, 15) is 0 Å². The summed E-state index contributed by atoms with van der Waals surface area (Å²) in [6.07, 6.45) is 2.86. The standard InChI is InChI=1S/C13H24ClN3O/c1-5-8-15-12(10(4)18-7-3)13-11(14)9-16-17(13)6-2/h9-10,12,15H,5-8H2,1-4H3. The van der Waals surface area contributed by atoms with Gasteiger partial charge in [0.1, 0.15) is 0 Å². The molecule has 0 amide bonds. The maximum absolute atomic E-state index is 6.26. The van der Waals surface area contributed by atoms with Gasteiger partial charge >= 0.3 is 0 Å². The summed E-state index contributed by atoms with van der Waals surface area (Å²) in [6, 6.07) is 0.0832. The van der Waals surface area contributed by atoms with Crippen LogP contribution in [0.3, 0.4) is 0 Å². The van der Waals surface area contributed by atoms with E-state index in [0.717, 1.165) is 25.2 Å². The van der Waals surface area contributed by atoms with Crippen molar-refractivity contribution in [1.29, 1.82) is 0 Å². The third-order valence-electron chi connectivity index (χ3n) is 2.94. The Hall–Kier alpha value is -0.580. The summed E-state index contributed by atoms with van der Waals surface area (Å²) in [5.41, 5.74) is 1.02. The summed E-state index contributed by atoms with van der Waals surface area (Å²) in [5, 5.41) is 8.50. The van der Waals surface area contributed by atoms with Crippen LogP contribution in [-0.2, 0) is 11.3 Å². The Bertz CT molecular complexity index is 354. The van der Waals surface area contributed by atoms with Crippen LogP contribution in [0.15, 0.2) is 6.20 Å². The Kier molecular flexibility index (Phi) is 6.68. The second-order valence-corrected chi connectivity index (χ2v) is 4.69. The molecule has 0 saturated carbocycles. The van der Waals surface area contributed by atoms with Gasteiger partial charge in [0.05, 0.1) is 29.1 Å². The zero-order valence-electron chi connectivity index (χ0n) is 11.7. The highest BCUT2D eigenvalue weighted by Crippen LogP contribution is 2.26. The number of nitrogens with one attached hydrogen (secondary N) is 1. The minimum Gasteiger partial charge on any atom is -0.377 e. The van der Waals surface area contributed by atoms with E-state index in [1.807, 2.05) is 11.6 Å². The van der Waals surface area contributed by atoms with Crippen LogP contribution in [0.25, 0.3) is 0 Å². The van der Waals surface area contributed by atoms with Crippen LogP contribution in [0.1, 0.15) is 45.9 Å². The van der Waals surface area contributed by atoms with Crippen LogP contribution < -0.4 is 5.32 Å². The Labute approximate surface area is 115 Å². The molecule has 0 saturated heterocycles. The molecule has 1 aromatic rings. The predicted molar refractivity (Wildman–Crippen MR) is 75.0 cm³/mol. The summed E-state index contributed by atoms with van der Waals surface area (Å²) in [5.74, 6) is 0. The van der Waals surface area contributed by atoms with Gasteiger partial charge in [-0.3, -0.25) is 4.68 Å². The molecule has 0 aliphatic heterocycles. The van der Waals surface area contributed by atoms with E-state index in [-0.39, 0.29) is 12.1 Å². The molecule has 2 unspecified atom stereocenters. The average molecular weight is 274 g/mol. The van der Waals surface area contributed by atoms with Crippen molar-refractivity contribution in [3.8, 4) is 0 Å². The third kappa shape index (κ3) is 3.70. The topological polar surface area (TPSA) is 39.1 Å². The zero-order valence-corrected chi connectivity index (χ0v) is 12.5. The summed E-state index contributed by atoms with van der Waals surface area (Å²) < 4.78 is 7.65. The predicted octanol–water partition coefficient (Wildman–Crippen LogP) is 3.02. The number of aryl methyl sites for hydroxylation is 1. The van der Waals surface area contributed by atoms with Gasteiger partial charge in [-0.2, -0.15) is 5.10 Å². The van der Waals surface area contributed by atoms with Crippen molar-refractivity contribution in [2.24, 2.45) is 0 Å². The van der Waals surface area contributed by atoms with Crippen molar-refractivity contribution < 1.29 is 4.74 Å². The molecule has 4 nitrogen and oxygen atoms in total. The van der Waals surface area contributed by atoms with Gasteiger partial charge in [0.25, 0.3) is 0 Å². The van der Waals surface area contributed by atoms with Crippen molar-refractivity contribution in [2.75, 3.05) is 13.2 Å². The lowest BCUT2D eigenvalue weighted by Gasteiger charge is -2.26. The van der Waals surface area contributed by atoms with E-state index in [1.54, 1.807) is 6.20 Å². The van der Waals surface area contributed by atoms with Crippen LogP contribution in [0.2, 0.25) is 5.02 Å². The second-order valence-electron chi connectivity index (χ2n) is 4.29. The molecule has 0 fully saturated rings. The number of hydrogen-bond donors (Lipinski definition) is 1. The molecule has 104 valence electrons. The van der Waals surface area contributed by atoms with Gasteiger partial charge in [-0.05, 0) is 33.7 Å². The highest BCUT2D eigenvalue weighted by molar-refractivity contribution is 6.31. The molecule has 0 aliphatic rings. The van der Waals surface area contributed by atoms with Crippen molar-refractivity contribution in [3.63, 3.8) is 0 Å². The van der Waals surface area contributed by atoms with E-state index in [0.29, 0.717) is 11.6 Å². The number of hydrogen-bond acceptors (Lipinski definition) is 3. The minimum atomic E-state index is 0.0704. The Morgan fingerprint density at radius 2 is 2.17 bits per heavy atom. The minimum absolute atomic E-state index is 0.0704. The van der Waals surface area contributed by atoms with Crippen LogP contribution in [0.5, 0.6) is 0 Å². The largest absolute Gasteiger partial charge is 0.377 e. The maximum Gasteiger partial charge on any atom is 0.0835 e. The average Bonchev–Trinajstić information content (AvgIpc) is 2.72. The number of rotatable bonds is 8. The van der Waals surface area contributed by atoms with E-state index in [1.165, 1.54) is 0 Å². The monoisotopic (exact) mass is 273 g/mol. The first-order valence-electron chi connectivity index (χ1n) is 6.71. The fourth-order valence-corrected chi connectivity index (χ4v) is 2.34. The maximum atomic E-state index is 6.26. The molecule has 5 heteroatoms. The van der Waals surface area contributed by atoms with Crippen LogP contribution in [0, 0.1) is 0 Å². The highest BCUT2D eigenvalue weighted by Gasteiger charge is 2.25. The lowest BCUT2D eigenvalue weighted by atomic mass is 10.1. The fourth-order valence-electron chi connectivity index (χ4n) is 2.08. The molecule has 0 aliphatic carbocycles. The Balaban J connectivity index is 2.96. The van der Waals surface area contributed by atoms with Crippen molar-refractivity contribution >= 4 is 11.6 Å². The van der Waals surface area contributed by atoms with Gasteiger partial charge in [0.15, 0.2) is 0 Å². The summed E-state index contributed by atoms with van der Waals surface area (Å²) in [6.45, 7) is 10.7. The van der Waals surface area contributed by atoms with Crippen LogP contribution in [-0.4, -0.2) is 29.0 Å². The summed E-state index contributed by atoms with van der Waals surface area (Å²) >= 11 is 6.26. The molecular formula is C13H24ClN3O. The molecule has 1 heterocycles. The quantitative estimate of drug-likeness (QED) is 0.791. The van der Waals surface area contributed by atoms with Crippen LogP contribution >= 0.6 is 11.6 Å². The number of nitrogens with zero attached hydrogens (tertiary/aromatic N) is 2. The smallest absolute Gasteiger partial charge is 0.0835 e. The van der Waals surface area contributed by atoms with Gasteiger partial charge in [-0.25, -0.2) is 0 Å². The molecule has 0 radical (unpaired) electrons. The number of aromatic nitrogens is 2. The number of halogens is 1. The van der Waals surface area contributed by atoms with E-state index >= 15 is 0 Å². The SMILES string of the molecule is CCCNC(c1c(Cl)cnn1CC)C(C)OCC. The first-order valence-corrected chi connectivity index (χ1v) is 7.09. The summed E-state index contributed by atoms with van der Waals surface area (Å²) in [7, 11) is 0. The molecule has 0 bridgehead atoms. The molecular weight excluding hydrogens is 250 g/mol. The summed E-state index contributed by atoms with van der Waals surface area (Å²) in [4.78, 5) is 0. The van der Waals surface area contributed by atoms with Gasteiger partial charge in [0, 0.05) is 13.2 Å². The van der Waals surface area contributed by atoms with Crippen LogP contribution in [0.4, 0.5) is 0 Å². The van der Waals surface area contributed by atoms with Crippen molar-refractivity contribution in [2.45, 2.75) is 52.8 Å². The van der Waals surface area contributed by atoms with Gasteiger partial charge in [0.2, 0.25) is 0 Å². The van der Waals surface area contributed by atoms with E-state index in [4.69, 9.17) is 16.3 Å². The fraction of sp³-hybridized carbons (Fsp3) is 0.769. The first-order chi connectivity index (χ1) is 8.65. The van der Waals surface area contributed by atoms with Gasteiger partial charge < -0.3 is 10.1 Å². The normalized spacial score (nSPS) is 14.7. The highest BCUT2D eigenvalue weighted by atomic mass is 35.5. The lowest BCUT2D eigenvalue weighted by Crippen LogP contribution is -2.34. The van der Waals surface area contributed by atoms with Gasteiger partial charge in [-0.1, -0.05) is 18.5 Å². The number of ether oxygens (including phenoxy) is 1. The van der Waals surface area contributed by atoms with Gasteiger partial charge in [-0.15, -0.1) is 0 Å². The molecule has 1 rings (SSSR count). The van der Waals surface area contributed by atoms with E-state index < -0.39 is 0 Å². The first kappa shape index (κ1) is 15.5. The zero-order chi connectivity index (χ0) is 13.5. The molecule has 2 atom stereocenters. The Morgan fingerprint density at radius 1 is 1.44 bits per heavy atom. The lowest BCUT2D eigenvalue weighted by molar-refractivity contribution is 0.0449. The molecule has 1 aromatic heterocycles. The molecule has 18 heavy (non-hydrogen) atoms. The molecule has 0 spiro atoms. The molecule has 0 aromatic carbocycles. The molecule has 1 N–H and O–H groups in total. The van der Waals surface area contributed by atoms with Crippen molar-refractivity contribution in [1.82, 2.24) is 15.1 Å². The van der Waals surface area contributed by atoms with E-state index in [2.05, 4.69) is 31.2 Å².